The normalized spacial score (nSPS) is 11.3. The number of non-ortho nitro benzene ring substituents is 1. The van der Waals surface area contributed by atoms with Crippen molar-refractivity contribution in [1.82, 2.24) is 4.98 Å². The average Bonchev–Trinajstić information content (AvgIpc) is 2.72. The molecule has 3 rings (SSSR count). The van der Waals surface area contributed by atoms with Gasteiger partial charge in [0.15, 0.2) is 0 Å². The molecule has 0 bridgehead atoms. The second-order valence-electron chi connectivity index (χ2n) is 6.36. The van der Waals surface area contributed by atoms with Gasteiger partial charge in [0.05, 0.1) is 41.5 Å². The van der Waals surface area contributed by atoms with Gasteiger partial charge in [-0.3, -0.25) is 10.1 Å². The lowest BCUT2D eigenvalue weighted by Crippen LogP contribution is -2.19. The monoisotopic (exact) mass is 453 g/mol. The highest BCUT2D eigenvalue weighted by atomic mass is 19.4. The van der Waals surface area contributed by atoms with Gasteiger partial charge in [-0.15, -0.1) is 0 Å². The van der Waals surface area contributed by atoms with Crippen LogP contribution in [0, 0.1) is 15.9 Å². The van der Waals surface area contributed by atoms with Crippen molar-refractivity contribution in [2.75, 3.05) is 19.0 Å². The molecule has 0 saturated heterocycles. The number of halogens is 4. The number of rotatable bonds is 6. The summed E-state index contributed by atoms with van der Waals surface area (Å²) >= 11 is 0. The van der Waals surface area contributed by atoms with E-state index >= 15 is 0 Å². The van der Waals surface area contributed by atoms with Crippen LogP contribution < -0.4 is 10.1 Å². The number of anilines is 2. The van der Waals surface area contributed by atoms with Gasteiger partial charge in [0, 0.05) is 11.5 Å². The number of aromatic nitrogens is 1. The Labute approximate surface area is 177 Å². The standard InChI is InChI=1S/C20H15F4N3O5/c1-3-32-19(28)16-17(20(22,23)24)12-8-10(21)4-6-13(12)25-18(16)26-14-7-5-11(27(29)30)9-15(14)31-2/h4-9H,3H2,1-2H3,(H,25,26). The first kappa shape index (κ1) is 22.7. The van der Waals surface area contributed by atoms with Gasteiger partial charge in [0.25, 0.3) is 5.69 Å². The van der Waals surface area contributed by atoms with Gasteiger partial charge in [0.1, 0.15) is 22.9 Å². The third-order valence-corrected chi connectivity index (χ3v) is 4.36. The van der Waals surface area contributed by atoms with Crippen LogP contribution in [-0.4, -0.2) is 29.6 Å². The summed E-state index contributed by atoms with van der Waals surface area (Å²) in [5.41, 5.74) is -2.95. The Balaban J connectivity index is 2.31. The Bertz CT molecular complexity index is 1210. The first-order valence-corrected chi connectivity index (χ1v) is 9.03. The van der Waals surface area contributed by atoms with E-state index in [4.69, 9.17) is 9.47 Å². The fraction of sp³-hybridized carbons (Fsp3) is 0.200. The largest absolute Gasteiger partial charge is 0.494 e. The molecule has 1 aromatic heterocycles. The van der Waals surface area contributed by atoms with Crippen LogP contribution >= 0.6 is 0 Å². The number of carbonyl (C=O) groups excluding carboxylic acids is 1. The van der Waals surface area contributed by atoms with Crippen LogP contribution in [0.1, 0.15) is 22.8 Å². The Morgan fingerprint density at radius 3 is 2.53 bits per heavy atom. The lowest BCUT2D eigenvalue weighted by molar-refractivity contribution is -0.384. The number of nitrogens with one attached hydrogen (secondary N) is 1. The molecule has 0 saturated carbocycles. The molecule has 0 unspecified atom stereocenters. The SMILES string of the molecule is CCOC(=O)c1c(Nc2ccc([N+](=O)[O-])cc2OC)nc2ccc(F)cc2c1C(F)(F)F. The number of ether oxygens (including phenoxy) is 2. The zero-order valence-electron chi connectivity index (χ0n) is 16.6. The van der Waals surface area contributed by atoms with E-state index in [1.54, 1.807) is 0 Å². The number of nitro groups is 1. The van der Waals surface area contributed by atoms with Crippen molar-refractivity contribution in [3.63, 3.8) is 0 Å². The molecule has 32 heavy (non-hydrogen) atoms. The maximum Gasteiger partial charge on any atom is 0.418 e. The van der Waals surface area contributed by atoms with Crippen molar-refractivity contribution >= 4 is 34.1 Å². The highest BCUT2D eigenvalue weighted by Gasteiger charge is 2.40. The van der Waals surface area contributed by atoms with Crippen LogP contribution in [0.15, 0.2) is 36.4 Å². The number of hydrogen-bond donors (Lipinski definition) is 1. The van der Waals surface area contributed by atoms with Crippen molar-refractivity contribution < 1.29 is 36.8 Å². The summed E-state index contributed by atoms with van der Waals surface area (Å²) in [5, 5.41) is 12.9. The van der Waals surface area contributed by atoms with E-state index in [9.17, 15) is 32.5 Å². The molecule has 0 atom stereocenters. The molecule has 1 N–H and O–H groups in total. The van der Waals surface area contributed by atoms with Gasteiger partial charge in [-0.1, -0.05) is 0 Å². The third-order valence-electron chi connectivity index (χ3n) is 4.36. The molecule has 0 fully saturated rings. The van der Waals surface area contributed by atoms with Gasteiger partial charge in [-0.05, 0) is 31.2 Å². The summed E-state index contributed by atoms with van der Waals surface area (Å²) < 4.78 is 65.7. The fourth-order valence-corrected chi connectivity index (χ4v) is 3.05. The minimum absolute atomic E-state index is 0.00531. The summed E-state index contributed by atoms with van der Waals surface area (Å²) in [7, 11) is 1.20. The zero-order valence-corrected chi connectivity index (χ0v) is 16.6. The Morgan fingerprint density at radius 1 is 1.22 bits per heavy atom. The minimum Gasteiger partial charge on any atom is -0.494 e. The predicted molar refractivity (Wildman–Crippen MR) is 106 cm³/mol. The van der Waals surface area contributed by atoms with Gasteiger partial charge in [-0.2, -0.15) is 13.2 Å². The second-order valence-corrected chi connectivity index (χ2v) is 6.36. The molecule has 1 heterocycles. The van der Waals surface area contributed by atoms with Crippen molar-refractivity contribution in [2.45, 2.75) is 13.1 Å². The molecule has 0 aliphatic carbocycles. The lowest BCUT2D eigenvalue weighted by Gasteiger charge is -2.19. The Hall–Kier alpha value is -3.96. The topological polar surface area (TPSA) is 104 Å². The number of fused-ring (bicyclic) bond motifs is 1. The molecular weight excluding hydrogens is 438 g/mol. The number of nitro benzene ring substituents is 1. The van der Waals surface area contributed by atoms with Crippen molar-refractivity contribution in [3.05, 3.63) is 63.5 Å². The number of benzene rings is 2. The number of hydrogen-bond acceptors (Lipinski definition) is 7. The van der Waals surface area contributed by atoms with Crippen LogP contribution in [0.5, 0.6) is 5.75 Å². The Morgan fingerprint density at radius 2 is 1.94 bits per heavy atom. The molecule has 0 aliphatic rings. The molecule has 2 aromatic carbocycles. The van der Waals surface area contributed by atoms with E-state index in [0.717, 1.165) is 24.3 Å². The maximum absolute atomic E-state index is 14.0. The van der Waals surface area contributed by atoms with Crippen molar-refractivity contribution in [1.29, 1.82) is 0 Å². The average molecular weight is 453 g/mol. The molecule has 3 aromatic rings. The summed E-state index contributed by atoms with van der Waals surface area (Å²) in [4.78, 5) is 26.9. The van der Waals surface area contributed by atoms with Crippen LogP contribution in [0.3, 0.4) is 0 Å². The number of methoxy groups -OCH3 is 1. The second kappa shape index (κ2) is 8.65. The molecule has 12 heteroatoms. The summed E-state index contributed by atoms with van der Waals surface area (Å²) in [6, 6.07) is 5.92. The highest BCUT2D eigenvalue weighted by Crippen LogP contribution is 2.41. The summed E-state index contributed by atoms with van der Waals surface area (Å²) in [6.07, 6.45) is -5.06. The van der Waals surface area contributed by atoms with Crippen LogP contribution in [-0.2, 0) is 10.9 Å². The predicted octanol–water partition coefficient (Wildman–Crippen LogP) is 5.23. The van der Waals surface area contributed by atoms with E-state index in [1.165, 1.54) is 20.1 Å². The van der Waals surface area contributed by atoms with E-state index in [-0.39, 0.29) is 29.2 Å². The van der Waals surface area contributed by atoms with Crippen LogP contribution in [0.4, 0.5) is 34.8 Å². The molecule has 0 amide bonds. The molecule has 0 aliphatic heterocycles. The van der Waals surface area contributed by atoms with Crippen molar-refractivity contribution in [2.24, 2.45) is 0 Å². The fourth-order valence-electron chi connectivity index (χ4n) is 3.05. The van der Waals surface area contributed by atoms with Gasteiger partial charge < -0.3 is 14.8 Å². The van der Waals surface area contributed by atoms with E-state index < -0.39 is 45.2 Å². The summed E-state index contributed by atoms with van der Waals surface area (Å²) in [6.45, 7) is 1.18. The first-order chi connectivity index (χ1) is 15.1. The van der Waals surface area contributed by atoms with Gasteiger partial charge in [0.2, 0.25) is 0 Å². The quantitative estimate of drug-likeness (QED) is 0.236. The first-order valence-electron chi connectivity index (χ1n) is 9.03. The summed E-state index contributed by atoms with van der Waals surface area (Å²) in [5.74, 6) is -2.90. The van der Waals surface area contributed by atoms with E-state index in [2.05, 4.69) is 10.3 Å². The number of esters is 1. The molecular formula is C20H15F4N3O5. The van der Waals surface area contributed by atoms with Crippen LogP contribution in [0.2, 0.25) is 0 Å². The van der Waals surface area contributed by atoms with E-state index in [1.807, 2.05) is 0 Å². The minimum atomic E-state index is -5.06. The number of carbonyl (C=O) groups is 1. The van der Waals surface area contributed by atoms with Crippen LogP contribution in [0.25, 0.3) is 10.9 Å². The molecule has 8 nitrogen and oxygen atoms in total. The zero-order chi connectivity index (χ0) is 23.6. The molecule has 168 valence electrons. The third kappa shape index (κ3) is 4.38. The molecule has 0 radical (unpaired) electrons. The molecule has 0 spiro atoms. The number of alkyl halides is 3. The number of pyridine rings is 1. The Kier molecular flexibility index (Phi) is 6.14. The van der Waals surface area contributed by atoms with Gasteiger partial charge in [-0.25, -0.2) is 14.2 Å². The smallest absolute Gasteiger partial charge is 0.418 e. The maximum atomic E-state index is 14.0. The van der Waals surface area contributed by atoms with E-state index in [0.29, 0.717) is 6.07 Å². The van der Waals surface area contributed by atoms with Crippen molar-refractivity contribution in [3.8, 4) is 5.75 Å². The lowest BCUT2D eigenvalue weighted by atomic mass is 10.0. The van der Waals surface area contributed by atoms with Gasteiger partial charge >= 0.3 is 12.1 Å². The highest BCUT2D eigenvalue weighted by molar-refractivity contribution is 6.03. The number of nitrogens with zero attached hydrogens (tertiary/aromatic N) is 2.